The number of hydrogen-bond donors (Lipinski definition) is 1. The van der Waals surface area contributed by atoms with Crippen molar-refractivity contribution >= 4 is 0 Å². The number of benzene rings is 1. The summed E-state index contributed by atoms with van der Waals surface area (Å²) < 4.78 is 12.8. The minimum Gasteiger partial charge on any atom is -0.315 e. The van der Waals surface area contributed by atoms with Crippen molar-refractivity contribution in [2.75, 3.05) is 20.1 Å². The van der Waals surface area contributed by atoms with E-state index in [1.165, 1.54) is 30.5 Å². The molecular formula is C15H25FN2. The highest BCUT2D eigenvalue weighted by Gasteiger charge is 2.01. The third-order valence-corrected chi connectivity index (χ3v) is 2.88. The van der Waals surface area contributed by atoms with Gasteiger partial charge in [0.05, 0.1) is 0 Å². The van der Waals surface area contributed by atoms with E-state index in [0.717, 1.165) is 19.6 Å². The number of nitrogens with one attached hydrogen (secondary N) is 1. The molecular weight excluding hydrogens is 227 g/mol. The monoisotopic (exact) mass is 252 g/mol. The second-order valence-corrected chi connectivity index (χ2v) is 5.18. The molecule has 18 heavy (non-hydrogen) atoms. The maximum Gasteiger partial charge on any atom is 0.123 e. The van der Waals surface area contributed by atoms with Gasteiger partial charge in [-0.3, -0.25) is 0 Å². The predicted octanol–water partition coefficient (Wildman–Crippen LogP) is 3.04. The molecule has 1 rings (SSSR count). The highest BCUT2D eigenvalue weighted by atomic mass is 19.1. The van der Waals surface area contributed by atoms with Gasteiger partial charge in [-0.2, -0.15) is 0 Å². The van der Waals surface area contributed by atoms with Crippen LogP contribution >= 0.6 is 0 Å². The maximum absolute atomic E-state index is 12.8. The highest BCUT2D eigenvalue weighted by molar-refractivity contribution is 5.15. The van der Waals surface area contributed by atoms with Crippen LogP contribution in [0.1, 0.15) is 32.3 Å². The van der Waals surface area contributed by atoms with E-state index in [4.69, 9.17) is 0 Å². The van der Waals surface area contributed by atoms with Crippen LogP contribution in [0.15, 0.2) is 24.3 Å². The molecule has 3 heteroatoms. The van der Waals surface area contributed by atoms with Crippen LogP contribution in [0.5, 0.6) is 0 Å². The van der Waals surface area contributed by atoms with E-state index in [-0.39, 0.29) is 5.82 Å². The van der Waals surface area contributed by atoms with E-state index in [9.17, 15) is 4.39 Å². The molecule has 0 amide bonds. The Morgan fingerprint density at radius 2 is 1.83 bits per heavy atom. The summed E-state index contributed by atoms with van der Waals surface area (Å²) in [5.41, 5.74) is 1.17. The van der Waals surface area contributed by atoms with Crippen molar-refractivity contribution in [1.29, 1.82) is 0 Å². The molecule has 0 radical (unpaired) electrons. The number of halogens is 1. The van der Waals surface area contributed by atoms with E-state index >= 15 is 0 Å². The minimum absolute atomic E-state index is 0.166. The smallest absolute Gasteiger partial charge is 0.123 e. The Morgan fingerprint density at radius 3 is 2.44 bits per heavy atom. The second kappa shape index (κ2) is 8.22. The first-order valence-electron chi connectivity index (χ1n) is 6.74. The third-order valence-electron chi connectivity index (χ3n) is 2.88. The lowest BCUT2D eigenvalue weighted by atomic mass is 10.2. The molecule has 0 aliphatic carbocycles. The van der Waals surface area contributed by atoms with Crippen LogP contribution in [0.4, 0.5) is 4.39 Å². The summed E-state index contributed by atoms with van der Waals surface area (Å²) in [6, 6.07) is 7.32. The second-order valence-electron chi connectivity index (χ2n) is 5.18. The zero-order valence-electron chi connectivity index (χ0n) is 11.7. The van der Waals surface area contributed by atoms with Gasteiger partial charge in [-0.15, -0.1) is 0 Å². The van der Waals surface area contributed by atoms with Gasteiger partial charge in [-0.1, -0.05) is 26.0 Å². The molecule has 0 atom stereocenters. The third kappa shape index (κ3) is 6.72. The molecule has 0 saturated carbocycles. The van der Waals surface area contributed by atoms with Crippen molar-refractivity contribution in [3.05, 3.63) is 35.6 Å². The van der Waals surface area contributed by atoms with E-state index < -0.39 is 0 Å². The number of rotatable bonds is 8. The van der Waals surface area contributed by atoms with Crippen molar-refractivity contribution in [3.63, 3.8) is 0 Å². The summed E-state index contributed by atoms with van der Waals surface area (Å²) >= 11 is 0. The zero-order chi connectivity index (χ0) is 13.4. The molecule has 0 aromatic heterocycles. The van der Waals surface area contributed by atoms with E-state index in [2.05, 4.69) is 31.1 Å². The lowest BCUT2D eigenvalue weighted by Gasteiger charge is -2.17. The fraction of sp³-hybridized carbons (Fsp3) is 0.600. The zero-order valence-corrected chi connectivity index (χ0v) is 11.7. The summed E-state index contributed by atoms with van der Waals surface area (Å²) in [5.74, 6) is -0.166. The van der Waals surface area contributed by atoms with Gasteiger partial charge in [0, 0.05) is 12.6 Å². The molecule has 2 nitrogen and oxygen atoms in total. The summed E-state index contributed by atoms with van der Waals surface area (Å²) in [6.45, 7) is 7.39. The van der Waals surface area contributed by atoms with E-state index in [1.807, 2.05) is 12.1 Å². The Morgan fingerprint density at radius 1 is 1.17 bits per heavy atom. The highest BCUT2D eigenvalue weighted by Crippen LogP contribution is 2.06. The molecule has 0 saturated heterocycles. The normalized spacial score (nSPS) is 11.4. The molecule has 0 aliphatic heterocycles. The Bertz CT molecular complexity index is 322. The van der Waals surface area contributed by atoms with Crippen LogP contribution in [0.2, 0.25) is 0 Å². The number of hydrogen-bond acceptors (Lipinski definition) is 2. The number of unbranched alkanes of at least 4 members (excludes halogenated alkanes) is 1. The molecule has 102 valence electrons. The first-order valence-corrected chi connectivity index (χ1v) is 6.74. The molecule has 0 unspecified atom stereocenters. The fourth-order valence-corrected chi connectivity index (χ4v) is 1.88. The molecule has 1 aromatic carbocycles. The molecule has 0 fully saturated rings. The van der Waals surface area contributed by atoms with Crippen molar-refractivity contribution in [2.45, 2.75) is 39.3 Å². The van der Waals surface area contributed by atoms with Crippen LogP contribution in [-0.4, -0.2) is 31.1 Å². The van der Waals surface area contributed by atoms with Gasteiger partial charge in [0.25, 0.3) is 0 Å². The van der Waals surface area contributed by atoms with Crippen LogP contribution in [0.25, 0.3) is 0 Å². The van der Waals surface area contributed by atoms with Gasteiger partial charge in [0.15, 0.2) is 0 Å². The largest absolute Gasteiger partial charge is 0.315 e. The lowest BCUT2D eigenvalue weighted by Crippen LogP contribution is -2.25. The topological polar surface area (TPSA) is 15.3 Å². The van der Waals surface area contributed by atoms with Gasteiger partial charge < -0.3 is 10.2 Å². The molecule has 0 heterocycles. The standard InChI is InChI=1S/C15H25FN2/c1-13(2)17-10-4-5-11-18(3)12-14-6-8-15(16)9-7-14/h6-9,13,17H,4-5,10-12H2,1-3H3. The molecule has 1 N–H and O–H groups in total. The van der Waals surface area contributed by atoms with Gasteiger partial charge >= 0.3 is 0 Å². The molecule has 0 spiro atoms. The SMILES string of the molecule is CC(C)NCCCCN(C)Cc1ccc(F)cc1. The van der Waals surface area contributed by atoms with Gasteiger partial charge in [0.1, 0.15) is 5.82 Å². The van der Waals surface area contributed by atoms with Crippen LogP contribution in [-0.2, 0) is 6.54 Å². The number of nitrogens with zero attached hydrogens (tertiary/aromatic N) is 1. The molecule has 1 aromatic rings. The van der Waals surface area contributed by atoms with Crippen molar-refractivity contribution in [1.82, 2.24) is 10.2 Å². The van der Waals surface area contributed by atoms with Crippen LogP contribution in [0.3, 0.4) is 0 Å². The van der Waals surface area contributed by atoms with Crippen molar-refractivity contribution in [2.24, 2.45) is 0 Å². The maximum atomic E-state index is 12.8. The Balaban J connectivity index is 2.13. The average molecular weight is 252 g/mol. The van der Waals surface area contributed by atoms with Crippen molar-refractivity contribution < 1.29 is 4.39 Å². The first kappa shape index (κ1) is 15.1. The summed E-state index contributed by atoms with van der Waals surface area (Å²) in [6.07, 6.45) is 2.39. The average Bonchev–Trinajstić information content (AvgIpc) is 2.31. The summed E-state index contributed by atoms with van der Waals surface area (Å²) in [5, 5.41) is 3.41. The Labute approximate surface area is 110 Å². The summed E-state index contributed by atoms with van der Waals surface area (Å²) in [4.78, 5) is 2.28. The fourth-order valence-electron chi connectivity index (χ4n) is 1.88. The van der Waals surface area contributed by atoms with Gasteiger partial charge in [-0.05, 0) is 50.7 Å². The molecule has 0 bridgehead atoms. The van der Waals surface area contributed by atoms with Gasteiger partial charge in [0.2, 0.25) is 0 Å². The Kier molecular flexibility index (Phi) is 6.91. The van der Waals surface area contributed by atoms with Crippen LogP contribution < -0.4 is 5.32 Å². The first-order chi connectivity index (χ1) is 8.58. The van der Waals surface area contributed by atoms with E-state index in [0.29, 0.717) is 6.04 Å². The Hall–Kier alpha value is -0.930. The van der Waals surface area contributed by atoms with E-state index in [1.54, 1.807) is 0 Å². The quantitative estimate of drug-likeness (QED) is 0.715. The lowest BCUT2D eigenvalue weighted by molar-refractivity contribution is 0.317. The molecule has 0 aliphatic rings. The van der Waals surface area contributed by atoms with Gasteiger partial charge in [-0.25, -0.2) is 4.39 Å². The van der Waals surface area contributed by atoms with Crippen molar-refractivity contribution in [3.8, 4) is 0 Å². The predicted molar refractivity (Wildman–Crippen MR) is 75.1 cm³/mol. The summed E-state index contributed by atoms with van der Waals surface area (Å²) in [7, 11) is 2.11. The minimum atomic E-state index is -0.166. The van der Waals surface area contributed by atoms with Crippen LogP contribution in [0, 0.1) is 5.82 Å².